The number of carbonyl (C=O) groups is 2. The van der Waals surface area contributed by atoms with Crippen LogP contribution in [-0.2, 0) is 14.3 Å². The molecular formula is C24H28N2O3. The second kappa shape index (κ2) is 8.37. The minimum atomic E-state index is -0.307. The lowest BCUT2D eigenvalue weighted by molar-refractivity contribution is -0.133. The molecule has 0 bridgehead atoms. The first-order valence-corrected chi connectivity index (χ1v) is 10.4. The Morgan fingerprint density at radius 1 is 0.897 bits per heavy atom. The van der Waals surface area contributed by atoms with E-state index in [0.717, 1.165) is 29.7 Å². The molecule has 2 amide bonds. The summed E-state index contributed by atoms with van der Waals surface area (Å²) in [6.45, 7) is 5.26. The van der Waals surface area contributed by atoms with Gasteiger partial charge in [0.1, 0.15) is 0 Å². The zero-order chi connectivity index (χ0) is 20.4. The van der Waals surface area contributed by atoms with Crippen LogP contribution >= 0.6 is 0 Å². The highest BCUT2D eigenvalue weighted by Gasteiger charge is 2.33. The van der Waals surface area contributed by atoms with Crippen LogP contribution in [-0.4, -0.2) is 25.0 Å². The molecule has 2 fully saturated rings. The van der Waals surface area contributed by atoms with Crippen LogP contribution in [0.15, 0.2) is 48.5 Å². The first-order chi connectivity index (χ1) is 14.0. The molecule has 2 aliphatic rings. The Balaban J connectivity index is 1.65. The van der Waals surface area contributed by atoms with Gasteiger partial charge in [-0.2, -0.15) is 0 Å². The molecule has 1 saturated heterocycles. The van der Waals surface area contributed by atoms with Crippen LogP contribution in [0.2, 0.25) is 0 Å². The molecule has 1 unspecified atom stereocenters. The summed E-state index contributed by atoms with van der Waals surface area (Å²) in [5.41, 5.74) is 3.90. The molecule has 0 aromatic heterocycles. The van der Waals surface area contributed by atoms with E-state index in [4.69, 9.17) is 4.74 Å². The van der Waals surface area contributed by atoms with Crippen LogP contribution in [0.5, 0.6) is 0 Å². The topological polar surface area (TPSA) is 67.4 Å². The number of amides is 2. The molecule has 0 radical (unpaired) electrons. The van der Waals surface area contributed by atoms with Gasteiger partial charge in [0, 0.05) is 17.2 Å². The molecule has 2 aromatic carbocycles. The van der Waals surface area contributed by atoms with Gasteiger partial charge in [-0.1, -0.05) is 56.3 Å². The molecule has 152 valence electrons. The average Bonchev–Trinajstić information content (AvgIpc) is 3.50. The molecule has 1 aliphatic heterocycles. The molecule has 5 heteroatoms. The van der Waals surface area contributed by atoms with E-state index in [0.29, 0.717) is 19.1 Å². The van der Waals surface area contributed by atoms with Gasteiger partial charge in [-0.3, -0.25) is 9.59 Å². The van der Waals surface area contributed by atoms with E-state index in [2.05, 4.69) is 48.7 Å². The van der Waals surface area contributed by atoms with Crippen LogP contribution < -0.4 is 10.6 Å². The molecule has 4 rings (SSSR count). The van der Waals surface area contributed by atoms with E-state index in [-0.39, 0.29) is 29.7 Å². The fourth-order valence-corrected chi connectivity index (χ4v) is 3.50. The quantitative estimate of drug-likeness (QED) is 0.748. The third-order valence-electron chi connectivity index (χ3n) is 5.71. The summed E-state index contributed by atoms with van der Waals surface area (Å²) >= 11 is 0. The highest BCUT2D eigenvalue weighted by Crippen LogP contribution is 2.34. The number of rotatable bonds is 7. The van der Waals surface area contributed by atoms with Crippen molar-refractivity contribution in [2.24, 2.45) is 11.8 Å². The Labute approximate surface area is 171 Å². The third-order valence-corrected chi connectivity index (χ3v) is 5.71. The second-order valence-electron chi connectivity index (χ2n) is 8.35. The van der Waals surface area contributed by atoms with E-state index in [1.807, 2.05) is 24.3 Å². The summed E-state index contributed by atoms with van der Waals surface area (Å²) < 4.78 is 5.14. The minimum absolute atomic E-state index is 0.0360. The fourth-order valence-electron chi connectivity index (χ4n) is 3.50. The molecule has 1 atom stereocenters. The first-order valence-electron chi connectivity index (χ1n) is 10.4. The van der Waals surface area contributed by atoms with E-state index in [9.17, 15) is 9.59 Å². The van der Waals surface area contributed by atoms with Crippen molar-refractivity contribution < 1.29 is 14.3 Å². The number of hydrogen-bond donors (Lipinski definition) is 2. The molecule has 0 spiro atoms. The van der Waals surface area contributed by atoms with Crippen molar-refractivity contribution in [1.29, 1.82) is 0 Å². The first kappa shape index (κ1) is 19.6. The lowest BCUT2D eigenvalue weighted by Gasteiger charge is -2.27. The van der Waals surface area contributed by atoms with Crippen molar-refractivity contribution in [3.63, 3.8) is 0 Å². The Morgan fingerprint density at radius 2 is 1.55 bits per heavy atom. The van der Waals surface area contributed by atoms with Crippen molar-refractivity contribution in [1.82, 2.24) is 5.32 Å². The van der Waals surface area contributed by atoms with Crippen LogP contribution in [0.3, 0.4) is 0 Å². The van der Waals surface area contributed by atoms with Crippen molar-refractivity contribution in [3.8, 4) is 0 Å². The number of ether oxygens (including phenoxy) is 1. The molecule has 1 heterocycles. The van der Waals surface area contributed by atoms with Gasteiger partial charge >= 0.3 is 0 Å². The van der Waals surface area contributed by atoms with Crippen LogP contribution in [0.4, 0.5) is 5.69 Å². The van der Waals surface area contributed by atoms with Crippen molar-refractivity contribution >= 4 is 17.5 Å². The fraction of sp³-hybridized carbons (Fsp3) is 0.417. The van der Waals surface area contributed by atoms with Crippen LogP contribution in [0.1, 0.15) is 55.3 Å². The zero-order valence-electron chi connectivity index (χ0n) is 17.0. The van der Waals surface area contributed by atoms with E-state index in [1.165, 1.54) is 5.56 Å². The van der Waals surface area contributed by atoms with Gasteiger partial charge in [0.15, 0.2) is 0 Å². The van der Waals surface area contributed by atoms with E-state index in [1.54, 1.807) is 0 Å². The average molecular weight is 392 g/mol. The summed E-state index contributed by atoms with van der Waals surface area (Å²) in [7, 11) is 0. The standard InChI is InChI=1S/C24H28N2O3/c1-15(2)16-7-9-17(10-8-16)22(26-23(27)18-11-12-18)20-5-3-4-6-21(20)25-24(28)19-13-29-14-19/h3-10,15,18-19,22H,11-14H2,1-2H3,(H,25,28)(H,26,27). The van der Waals surface area contributed by atoms with Crippen LogP contribution in [0, 0.1) is 11.8 Å². The third kappa shape index (κ3) is 4.51. The van der Waals surface area contributed by atoms with Crippen molar-refractivity contribution in [3.05, 3.63) is 65.2 Å². The molecule has 29 heavy (non-hydrogen) atoms. The monoisotopic (exact) mass is 392 g/mol. The molecule has 1 saturated carbocycles. The van der Waals surface area contributed by atoms with Gasteiger partial charge in [-0.25, -0.2) is 0 Å². The number of hydrogen-bond acceptors (Lipinski definition) is 3. The zero-order valence-corrected chi connectivity index (χ0v) is 17.0. The van der Waals surface area contributed by atoms with Gasteiger partial charge in [0.05, 0.1) is 25.2 Å². The summed E-state index contributed by atoms with van der Waals surface area (Å²) in [5.74, 6) is 0.497. The highest BCUT2D eigenvalue weighted by atomic mass is 16.5. The summed E-state index contributed by atoms with van der Waals surface area (Å²) in [6, 6.07) is 15.8. The Kier molecular flexibility index (Phi) is 5.67. The number of benzene rings is 2. The minimum Gasteiger partial charge on any atom is -0.380 e. The molecule has 5 nitrogen and oxygen atoms in total. The molecule has 1 aliphatic carbocycles. The SMILES string of the molecule is CC(C)c1ccc(C(NC(=O)C2CC2)c2ccccc2NC(=O)C2COC2)cc1. The van der Waals surface area contributed by atoms with Gasteiger partial charge < -0.3 is 15.4 Å². The summed E-state index contributed by atoms with van der Waals surface area (Å²) in [4.78, 5) is 25.1. The lowest BCUT2D eigenvalue weighted by atomic mass is 9.93. The maximum Gasteiger partial charge on any atom is 0.232 e. The normalized spacial score (nSPS) is 17.5. The largest absolute Gasteiger partial charge is 0.380 e. The molecular weight excluding hydrogens is 364 g/mol. The maximum atomic E-state index is 12.6. The van der Waals surface area contributed by atoms with Gasteiger partial charge in [-0.15, -0.1) is 0 Å². The number of carbonyl (C=O) groups excluding carboxylic acids is 2. The van der Waals surface area contributed by atoms with E-state index >= 15 is 0 Å². The molecule has 2 N–H and O–H groups in total. The summed E-state index contributed by atoms with van der Waals surface area (Å²) in [6.07, 6.45) is 1.90. The van der Waals surface area contributed by atoms with Crippen molar-refractivity contribution in [2.45, 2.75) is 38.6 Å². The van der Waals surface area contributed by atoms with Crippen LogP contribution in [0.25, 0.3) is 0 Å². The molecule has 2 aromatic rings. The van der Waals surface area contributed by atoms with E-state index < -0.39 is 0 Å². The number of para-hydroxylation sites is 1. The van der Waals surface area contributed by atoms with Crippen molar-refractivity contribution in [2.75, 3.05) is 18.5 Å². The van der Waals surface area contributed by atoms with Gasteiger partial charge in [0.25, 0.3) is 0 Å². The summed E-state index contributed by atoms with van der Waals surface area (Å²) in [5, 5.41) is 6.26. The maximum absolute atomic E-state index is 12.6. The number of anilines is 1. The second-order valence-corrected chi connectivity index (χ2v) is 8.35. The Hall–Kier alpha value is -2.66. The lowest BCUT2D eigenvalue weighted by Crippen LogP contribution is -2.39. The number of nitrogens with one attached hydrogen (secondary N) is 2. The van der Waals surface area contributed by atoms with Gasteiger partial charge in [-0.05, 0) is 36.0 Å². The predicted octanol–water partition coefficient (Wildman–Crippen LogP) is 4.01. The Bertz CT molecular complexity index is 883. The highest BCUT2D eigenvalue weighted by molar-refractivity contribution is 5.94. The van der Waals surface area contributed by atoms with Gasteiger partial charge in [0.2, 0.25) is 11.8 Å². The predicted molar refractivity (Wildman–Crippen MR) is 113 cm³/mol. The Morgan fingerprint density at radius 3 is 2.14 bits per heavy atom. The smallest absolute Gasteiger partial charge is 0.232 e.